The Bertz CT molecular complexity index is 801. The van der Waals surface area contributed by atoms with Crippen LogP contribution in [0.5, 0.6) is 0 Å². The summed E-state index contributed by atoms with van der Waals surface area (Å²) in [6.07, 6.45) is 4.16. The van der Waals surface area contributed by atoms with Crippen molar-refractivity contribution in [1.82, 2.24) is 29.5 Å². The molecule has 1 N–H and O–H groups in total. The van der Waals surface area contributed by atoms with E-state index in [4.69, 9.17) is 0 Å². The Morgan fingerprint density at radius 1 is 1.32 bits per heavy atom. The lowest BCUT2D eigenvalue weighted by atomic mass is 9.92. The molecule has 2 aromatic heterocycles. The second-order valence-corrected chi connectivity index (χ2v) is 7.24. The molecular weight excluding hydrogens is 320 g/mol. The number of amides is 1. The zero-order chi connectivity index (χ0) is 18.0. The van der Waals surface area contributed by atoms with Gasteiger partial charge in [0.1, 0.15) is 18.3 Å². The Kier molecular flexibility index (Phi) is 5.17. The Morgan fingerprint density at radius 2 is 2.04 bits per heavy atom. The summed E-state index contributed by atoms with van der Waals surface area (Å²) in [5, 5.41) is 7.35. The maximum Gasteiger partial charge on any atom is 0.264 e. The molecular formula is C17H26N6O2. The standard InChI is InChI=1S/C17H26N6O2/c1-12-6-13(2)9-22(8-12)5-4-18-15(24)10-23-11-19-16-14(17(23)25)7-20-21(16)3/h7,11-13H,4-6,8-10H2,1-3H3,(H,18,24). The van der Waals surface area contributed by atoms with Crippen LogP contribution in [0.15, 0.2) is 17.3 Å². The van der Waals surface area contributed by atoms with Gasteiger partial charge in [-0.3, -0.25) is 18.8 Å². The number of nitrogens with zero attached hydrogens (tertiary/aromatic N) is 5. The van der Waals surface area contributed by atoms with E-state index in [1.807, 2.05) is 0 Å². The highest BCUT2D eigenvalue weighted by molar-refractivity contribution is 5.77. The van der Waals surface area contributed by atoms with Gasteiger partial charge in [-0.1, -0.05) is 13.8 Å². The third-order valence-corrected chi connectivity index (χ3v) is 4.73. The minimum absolute atomic E-state index is 0.0243. The highest BCUT2D eigenvalue weighted by Crippen LogP contribution is 2.20. The van der Waals surface area contributed by atoms with Gasteiger partial charge in [-0.25, -0.2) is 4.98 Å². The van der Waals surface area contributed by atoms with Crippen molar-refractivity contribution in [3.05, 3.63) is 22.9 Å². The maximum absolute atomic E-state index is 12.4. The van der Waals surface area contributed by atoms with Crippen LogP contribution >= 0.6 is 0 Å². The molecule has 0 aromatic carbocycles. The third kappa shape index (κ3) is 4.07. The number of hydrogen-bond donors (Lipinski definition) is 1. The van der Waals surface area contributed by atoms with E-state index in [1.165, 1.54) is 23.5 Å². The molecule has 0 saturated carbocycles. The summed E-state index contributed by atoms with van der Waals surface area (Å²) in [4.78, 5) is 31.1. The fourth-order valence-corrected chi connectivity index (χ4v) is 3.72. The first-order valence-corrected chi connectivity index (χ1v) is 8.80. The van der Waals surface area contributed by atoms with Gasteiger partial charge in [-0.15, -0.1) is 0 Å². The molecule has 3 heterocycles. The number of likely N-dealkylation sites (tertiary alicyclic amines) is 1. The topological polar surface area (TPSA) is 85.1 Å². The van der Waals surface area contributed by atoms with E-state index in [0.29, 0.717) is 29.4 Å². The van der Waals surface area contributed by atoms with Crippen LogP contribution < -0.4 is 10.9 Å². The molecule has 1 amide bonds. The summed E-state index contributed by atoms with van der Waals surface area (Å²) in [5.74, 6) is 1.23. The molecule has 2 aromatic rings. The molecule has 136 valence electrons. The number of carbonyl (C=O) groups excluding carboxylic acids is 1. The van der Waals surface area contributed by atoms with Gasteiger partial charge in [-0.05, 0) is 18.3 Å². The van der Waals surface area contributed by atoms with Crippen LogP contribution in [0.2, 0.25) is 0 Å². The summed E-state index contributed by atoms with van der Waals surface area (Å²) in [7, 11) is 1.73. The lowest BCUT2D eigenvalue weighted by Crippen LogP contribution is -2.43. The van der Waals surface area contributed by atoms with Gasteiger partial charge in [0.15, 0.2) is 5.65 Å². The first-order chi connectivity index (χ1) is 11.9. The number of hydrogen-bond acceptors (Lipinski definition) is 5. The summed E-state index contributed by atoms with van der Waals surface area (Å²) >= 11 is 0. The average Bonchev–Trinajstić information content (AvgIpc) is 2.91. The largest absolute Gasteiger partial charge is 0.353 e. The number of aryl methyl sites for hydroxylation is 1. The number of rotatable bonds is 5. The molecule has 0 radical (unpaired) electrons. The predicted molar refractivity (Wildman–Crippen MR) is 95.2 cm³/mol. The van der Waals surface area contributed by atoms with Crippen LogP contribution in [-0.4, -0.2) is 56.3 Å². The van der Waals surface area contributed by atoms with E-state index in [-0.39, 0.29) is 18.0 Å². The molecule has 0 bridgehead atoms. The van der Waals surface area contributed by atoms with Gasteiger partial charge in [0.2, 0.25) is 5.91 Å². The van der Waals surface area contributed by atoms with Gasteiger partial charge in [0.25, 0.3) is 5.56 Å². The van der Waals surface area contributed by atoms with E-state index in [9.17, 15) is 9.59 Å². The van der Waals surface area contributed by atoms with Gasteiger partial charge in [0.05, 0.1) is 6.20 Å². The molecule has 2 atom stereocenters. The second kappa shape index (κ2) is 7.35. The molecule has 2 unspecified atom stereocenters. The normalized spacial score (nSPS) is 21.6. The van der Waals surface area contributed by atoms with E-state index in [0.717, 1.165) is 19.6 Å². The molecule has 3 rings (SSSR count). The molecule has 1 saturated heterocycles. The van der Waals surface area contributed by atoms with Gasteiger partial charge in [0, 0.05) is 33.2 Å². The monoisotopic (exact) mass is 346 g/mol. The Labute approximate surface area is 146 Å². The van der Waals surface area contributed by atoms with E-state index < -0.39 is 0 Å². The summed E-state index contributed by atoms with van der Waals surface area (Å²) < 4.78 is 2.87. The molecule has 25 heavy (non-hydrogen) atoms. The van der Waals surface area contributed by atoms with Crippen LogP contribution in [0.1, 0.15) is 20.3 Å². The van der Waals surface area contributed by atoms with E-state index in [1.54, 1.807) is 11.7 Å². The smallest absolute Gasteiger partial charge is 0.264 e. The van der Waals surface area contributed by atoms with Crippen molar-refractivity contribution in [3.8, 4) is 0 Å². The third-order valence-electron chi connectivity index (χ3n) is 4.73. The lowest BCUT2D eigenvalue weighted by Gasteiger charge is -2.34. The number of fused-ring (bicyclic) bond motifs is 1. The Morgan fingerprint density at radius 3 is 2.76 bits per heavy atom. The number of aromatic nitrogens is 4. The number of nitrogens with one attached hydrogen (secondary N) is 1. The summed E-state index contributed by atoms with van der Waals surface area (Å²) in [6.45, 7) is 8.13. The van der Waals surface area contributed by atoms with Crippen LogP contribution in [0.3, 0.4) is 0 Å². The fourth-order valence-electron chi connectivity index (χ4n) is 3.72. The van der Waals surface area contributed by atoms with Crippen molar-refractivity contribution in [2.45, 2.75) is 26.8 Å². The molecule has 0 aliphatic carbocycles. The summed E-state index contributed by atoms with van der Waals surface area (Å²) in [5.41, 5.74) is 0.280. The van der Waals surface area contributed by atoms with Crippen molar-refractivity contribution < 1.29 is 4.79 Å². The highest BCUT2D eigenvalue weighted by Gasteiger charge is 2.21. The minimum atomic E-state index is -0.244. The first kappa shape index (κ1) is 17.6. The minimum Gasteiger partial charge on any atom is -0.353 e. The molecule has 8 heteroatoms. The van der Waals surface area contributed by atoms with Crippen molar-refractivity contribution in [2.24, 2.45) is 18.9 Å². The maximum atomic E-state index is 12.4. The molecule has 1 aliphatic heterocycles. The van der Waals surface area contributed by atoms with E-state index in [2.05, 4.69) is 34.1 Å². The molecule has 1 aliphatic rings. The highest BCUT2D eigenvalue weighted by atomic mass is 16.2. The quantitative estimate of drug-likeness (QED) is 0.837. The van der Waals surface area contributed by atoms with Crippen molar-refractivity contribution >= 4 is 16.9 Å². The van der Waals surface area contributed by atoms with Crippen molar-refractivity contribution in [2.75, 3.05) is 26.2 Å². The van der Waals surface area contributed by atoms with Crippen molar-refractivity contribution in [3.63, 3.8) is 0 Å². The number of carbonyl (C=O) groups is 1. The predicted octanol–water partition coefficient (Wildman–Crippen LogP) is 0.224. The molecule has 1 fully saturated rings. The zero-order valence-electron chi connectivity index (χ0n) is 15.1. The lowest BCUT2D eigenvalue weighted by molar-refractivity contribution is -0.121. The van der Waals surface area contributed by atoms with Crippen molar-refractivity contribution in [1.29, 1.82) is 0 Å². The van der Waals surface area contributed by atoms with Crippen LogP contribution in [-0.2, 0) is 18.4 Å². The van der Waals surface area contributed by atoms with Crippen LogP contribution in [0, 0.1) is 11.8 Å². The van der Waals surface area contributed by atoms with Crippen LogP contribution in [0.4, 0.5) is 0 Å². The van der Waals surface area contributed by atoms with Crippen LogP contribution in [0.25, 0.3) is 11.0 Å². The molecule has 8 nitrogen and oxygen atoms in total. The zero-order valence-corrected chi connectivity index (χ0v) is 15.1. The van der Waals surface area contributed by atoms with Gasteiger partial charge >= 0.3 is 0 Å². The first-order valence-electron chi connectivity index (χ1n) is 8.80. The average molecular weight is 346 g/mol. The SMILES string of the molecule is CC1CC(C)CN(CCNC(=O)Cn2cnc3c(cnn3C)c2=O)C1. The van der Waals surface area contributed by atoms with E-state index >= 15 is 0 Å². The summed E-state index contributed by atoms with van der Waals surface area (Å²) in [6, 6.07) is 0. The fraction of sp³-hybridized carbons (Fsp3) is 0.647. The molecule has 0 spiro atoms. The van der Waals surface area contributed by atoms with Gasteiger partial charge in [-0.2, -0.15) is 5.10 Å². The Balaban J connectivity index is 1.53. The Hall–Kier alpha value is -2.22. The second-order valence-electron chi connectivity index (χ2n) is 7.24. The van der Waals surface area contributed by atoms with Gasteiger partial charge < -0.3 is 10.2 Å². The number of piperidine rings is 1.